The van der Waals surface area contributed by atoms with E-state index < -0.39 is 5.60 Å². The highest BCUT2D eigenvalue weighted by molar-refractivity contribution is 4.86. The lowest BCUT2D eigenvalue weighted by atomic mass is 9.67. The van der Waals surface area contributed by atoms with Crippen LogP contribution in [0.3, 0.4) is 0 Å². The summed E-state index contributed by atoms with van der Waals surface area (Å²) in [6.45, 7) is 6.38. The van der Waals surface area contributed by atoms with Crippen molar-refractivity contribution in [1.29, 1.82) is 0 Å². The summed E-state index contributed by atoms with van der Waals surface area (Å²) in [5.74, 6) is 3.50. The maximum atomic E-state index is 10.1. The third-order valence-corrected chi connectivity index (χ3v) is 5.50. The molecule has 1 N–H and O–H groups in total. The maximum Gasteiger partial charge on any atom is 0.0619 e. The molecule has 0 aromatic carbocycles. The molecule has 2 saturated carbocycles. The van der Waals surface area contributed by atoms with Crippen molar-refractivity contribution in [3.8, 4) is 0 Å². The minimum absolute atomic E-state index is 0.452. The monoisotopic (exact) mass is 238 g/mol. The van der Waals surface area contributed by atoms with Gasteiger partial charge in [0.2, 0.25) is 0 Å². The van der Waals surface area contributed by atoms with Gasteiger partial charge in [0, 0.05) is 0 Å². The number of hydrogen-bond donors (Lipinski definition) is 1. The van der Waals surface area contributed by atoms with Crippen molar-refractivity contribution < 1.29 is 5.11 Å². The van der Waals surface area contributed by atoms with E-state index in [4.69, 9.17) is 0 Å². The molecule has 2 fully saturated rings. The van der Waals surface area contributed by atoms with Crippen molar-refractivity contribution in [3.63, 3.8) is 0 Å². The molecule has 2 aliphatic rings. The standard InChI is InChI=1S/C16H30O/c1-12-4-6-13(7-5-12)14-8-10-15(11-9-14)16(2,3)17/h12-15,17H,4-11H2,1-3H3. The maximum absolute atomic E-state index is 10.1. The van der Waals surface area contributed by atoms with Gasteiger partial charge in [0.15, 0.2) is 0 Å². The first-order valence-corrected chi connectivity index (χ1v) is 7.69. The molecule has 0 aromatic rings. The van der Waals surface area contributed by atoms with E-state index in [1.54, 1.807) is 0 Å². The Kier molecular flexibility index (Phi) is 4.18. The Hall–Kier alpha value is -0.0400. The topological polar surface area (TPSA) is 20.2 Å². The Bertz CT molecular complexity index is 224. The molecule has 1 heteroatoms. The lowest BCUT2D eigenvalue weighted by Gasteiger charge is -2.40. The Balaban J connectivity index is 1.79. The fourth-order valence-corrected chi connectivity index (χ4v) is 4.05. The third kappa shape index (κ3) is 3.47. The van der Waals surface area contributed by atoms with Crippen LogP contribution in [-0.2, 0) is 0 Å². The number of aliphatic hydroxyl groups is 1. The van der Waals surface area contributed by atoms with Crippen molar-refractivity contribution >= 4 is 0 Å². The summed E-state index contributed by atoms with van der Waals surface area (Å²) in [5.41, 5.74) is -0.452. The van der Waals surface area contributed by atoms with Gasteiger partial charge in [0.25, 0.3) is 0 Å². The molecule has 2 aliphatic carbocycles. The van der Waals surface area contributed by atoms with Crippen molar-refractivity contribution in [2.24, 2.45) is 23.7 Å². The zero-order valence-electron chi connectivity index (χ0n) is 11.9. The fraction of sp³-hybridized carbons (Fsp3) is 1.00. The first-order chi connectivity index (χ1) is 7.97. The SMILES string of the molecule is CC1CCC(C2CCC(C(C)(C)O)CC2)CC1. The second kappa shape index (κ2) is 5.30. The average molecular weight is 238 g/mol. The lowest BCUT2D eigenvalue weighted by molar-refractivity contribution is -0.0125. The molecular formula is C16H30O. The summed E-state index contributed by atoms with van der Waals surface area (Å²) < 4.78 is 0. The van der Waals surface area contributed by atoms with E-state index >= 15 is 0 Å². The highest BCUT2D eigenvalue weighted by Crippen LogP contribution is 2.43. The smallest absolute Gasteiger partial charge is 0.0619 e. The summed E-state index contributed by atoms with van der Waals surface area (Å²) in [7, 11) is 0. The van der Waals surface area contributed by atoms with Crippen LogP contribution < -0.4 is 0 Å². The van der Waals surface area contributed by atoms with Crippen molar-refractivity contribution in [1.82, 2.24) is 0 Å². The molecule has 0 amide bonds. The van der Waals surface area contributed by atoms with Crippen LogP contribution >= 0.6 is 0 Å². The summed E-state index contributed by atoms with van der Waals surface area (Å²) in [6.07, 6.45) is 11.1. The molecule has 17 heavy (non-hydrogen) atoms. The van der Waals surface area contributed by atoms with Gasteiger partial charge in [-0.2, -0.15) is 0 Å². The fourth-order valence-electron chi connectivity index (χ4n) is 4.05. The third-order valence-electron chi connectivity index (χ3n) is 5.50. The minimum atomic E-state index is -0.452. The summed E-state index contributed by atoms with van der Waals surface area (Å²) >= 11 is 0. The molecule has 0 unspecified atom stereocenters. The molecule has 0 bridgehead atoms. The molecule has 0 radical (unpaired) electrons. The molecule has 1 nitrogen and oxygen atoms in total. The predicted octanol–water partition coefficient (Wildman–Crippen LogP) is 4.39. The van der Waals surface area contributed by atoms with E-state index in [2.05, 4.69) is 6.92 Å². The molecule has 100 valence electrons. The normalized spacial score (nSPS) is 40.2. The van der Waals surface area contributed by atoms with Crippen LogP contribution in [0.15, 0.2) is 0 Å². The van der Waals surface area contributed by atoms with Gasteiger partial charge in [-0.1, -0.05) is 19.8 Å². The largest absolute Gasteiger partial charge is 0.390 e. The highest BCUT2D eigenvalue weighted by Gasteiger charge is 2.34. The second-order valence-electron chi connectivity index (χ2n) is 7.29. The molecule has 0 saturated heterocycles. The van der Waals surface area contributed by atoms with Crippen molar-refractivity contribution in [3.05, 3.63) is 0 Å². The van der Waals surface area contributed by atoms with E-state index in [0.29, 0.717) is 5.92 Å². The van der Waals surface area contributed by atoms with Gasteiger partial charge in [-0.15, -0.1) is 0 Å². The zero-order valence-corrected chi connectivity index (χ0v) is 11.9. The number of hydrogen-bond acceptors (Lipinski definition) is 1. The lowest BCUT2D eigenvalue weighted by Crippen LogP contribution is -2.35. The Morgan fingerprint density at radius 1 is 0.765 bits per heavy atom. The van der Waals surface area contributed by atoms with Crippen LogP contribution in [0.1, 0.15) is 72.1 Å². The zero-order chi connectivity index (χ0) is 12.5. The Morgan fingerprint density at radius 3 is 1.59 bits per heavy atom. The van der Waals surface area contributed by atoms with Crippen molar-refractivity contribution in [2.45, 2.75) is 77.7 Å². The van der Waals surface area contributed by atoms with Gasteiger partial charge in [0.1, 0.15) is 0 Å². The average Bonchev–Trinajstić information content (AvgIpc) is 2.29. The van der Waals surface area contributed by atoms with Crippen LogP contribution in [0.4, 0.5) is 0 Å². The van der Waals surface area contributed by atoms with Gasteiger partial charge in [-0.3, -0.25) is 0 Å². The molecule has 0 spiro atoms. The summed E-state index contributed by atoms with van der Waals surface area (Å²) in [4.78, 5) is 0. The van der Waals surface area contributed by atoms with Crippen LogP contribution in [0.25, 0.3) is 0 Å². The summed E-state index contributed by atoms with van der Waals surface area (Å²) in [5, 5.41) is 10.1. The Morgan fingerprint density at radius 2 is 1.18 bits per heavy atom. The quantitative estimate of drug-likeness (QED) is 0.756. The van der Waals surface area contributed by atoms with Crippen LogP contribution in [0.5, 0.6) is 0 Å². The van der Waals surface area contributed by atoms with E-state index in [0.717, 1.165) is 17.8 Å². The number of rotatable bonds is 2. The Labute approximate surface area is 107 Å². The van der Waals surface area contributed by atoms with Gasteiger partial charge in [-0.05, 0) is 76.0 Å². The van der Waals surface area contributed by atoms with Crippen LogP contribution in [0.2, 0.25) is 0 Å². The first-order valence-electron chi connectivity index (χ1n) is 7.69. The van der Waals surface area contributed by atoms with E-state index in [1.807, 2.05) is 13.8 Å². The first kappa shape index (κ1) is 13.4. The molecule has 2 rings (SSSR count). The molecular weight excluding hydrogens is 208 g/mol. The molecule has 0 aromatic heterocycles. The van der Waals surface area contributed by atoms with Crippen molar-refractivity contribution in [2.75, 3.05) is 0 Å². The minimum Gasteiger partial charge on any atom is -0.390 e. The molecule has 0 aliphatic heterocycles. The molecule has 0 heterocycles. The van der Waals surface area contributed by atoms with Crippen LogP contribution in [-0.4, -0.2) is 10.7 Å². The second-order valence-corrected chi connectivity index (χ2v) is 7.29. The summed E-state index contributed by atoms with van der Waals surface area (Å²) in [6, 6.07) is 0. The molecule has 0 atom stereocenters. The van der Waals surface area contributed by atoms with Crippen LogP contribution in [0, 0.1) is 23.7 Å². The van der Waals surface area contributed by atoms with Gasteiger partial charge in [-0.25, -0.2) is 0 Å². The highest BCUT2D eigenvalue weighted by atomic mass is 16.3. The van der Waals surface area contributed by atoms with E-state index in [-0.39, 0.29) is 0 Å². The van der Waals surface area contributed by atoms with Gasteiger partial charge in [0.05, 0.1) is 5.60 Å². The van der Waals surface area contributed by atoms with E-state index in [1.165, 1.54) is 51.4 Å². The van der Waals surface area contributed by atoms with Gasteiger partial charge < -0.3 is 5.11 Å². The predicted molar refractivity (Wildman–Crippen MR) is 72.9 cm³/mol. The van der Waals surface area contributed by atoms with E-state index in [9.17, 15) is 5.11 Å². The van der Waals surface area contributed by atoms with Gasteiger partial charge >= 0.3 is 0 Å².